The second-order valence-corrected chi connectivity index (χ2v) is 9.90. The maximum Gasteiger partial charge on any atom is 0.354 e. The number of benzene rings is 2. The Morgan fingerprint density at radius 2 is 1.81 bits per heavy atom. The summed E-state index contributed by atoms with van der Waals surface area (Å²) in [6.07, 6.45) is 1.92. The fraction of sp³-hybridized carbons (Fsp3) is 0.429. The number of carbonyl (C=O) groups excluding carboxylic acids is 1. The van der Waals surface area contributed by atoms with Crippen molar-refractivity contribution in [3.05, 3.63) is 80.1 Å². The number of carbonyl (C=O) groups is 1. The number of esters is 1. The summed E-state index contributed by atoms with van der Waals surface area (Å²) in [4.78, 5) is 43.2. The smallest absolute Gasteiger partial charge is 0.354 e. The summed E-state index contributed by atoms with van der Waals surface area (Å²) in [5.74, 6) is 0.511. The predicted molar refractivity (Wildman–Crippen MR) is 142 cm³/mol. The molecule has 2 aromatic carbocycles. The van der Waals surface area contributed by atoms with Crippen LogP contribution in [0.2, 0.25) is 0 Å². The molecule has 1 saturated carbocycles. The van der Waals surface area contributed by atoms with Crippen LogP contribution in [-0.4, -0.2) is 33.3 Å². The average molecular weight is 507 g/mol. The van der Waals surface area contributed by atoms with Gasteiger partial charge < -0.3 is 14.8 Å². The molecule has 1 aromatic heterocycles. The van der Waals surface area contributed by atoms with Crippen molar-refractivity contribution in [2.45, 2.75) is 66.2 Å². The first-order valence-electron chi connectivity index (χ1n) is 12.6. The van der Waals surface area contributed by atoms with E-state index in [0.717, 1.165) is 33.4 Å². The number of rotatable bonds is 10. The van der Waals surface area contributed by atoms with Gasteiger partial charge in [-0.2, -0.15) is 4.98 Å². The summed E-state index contributed by atoms with van der Waals surface area (Å²) in [6.45, 7) is 8.12. The van der Waals surface area contributed by atoms with E-state index in [1.165, 1.54) is 11.7 Å². The number of nitrogens with zero attached hydrogens (tertiary/aromatic N) is 3. The van der Waals surface area contributed by atoms with Crippen LogP contribution in [0.25, 0.3) is 0 Å². The number of anilines is 2. The normalized spacial score (nSPS) is 13.9. The van der Waals surface area contributed by atoms with Gasteiger partial charge in [0.25, 0.3) is 0 Å². The zero-order chi connectivity index (χ0) is 26.7. The van der Waals surface area contributed by atoms with Crippen LogP contribution in [-0.2, 0) is 29.0 Å². The van der Waals surface area contributed by atoms with E-state index in [0.29, 0.717) is 18.5 Å². The molecule has 4 rings (SSSR count). The van der Waals surface area contributed by atoms with Gasteiger partial charge in [-0.15, -0.1) is 0 Å². The summed E-state index contributed by atoms with van der Waals surface area (Å²) >= 11 is 0. The average Bonchev–Trinajstić information content (AvgIpc) is 3.66. The number of methoxy groups -OCH3 is 1. The fourth-order valence-corrected chi connectivity index (χ4v) is 4.31. The number of aryl methyl sites for hydroxylation is 2. The van der Waals surface area contributed by atoms with Crippen LogP contribution in [0.4, 0.5) is 11.6 Å². The Bertz CT molecular complexity index is 1400. The van der Waals surface area contributed by atoms with Crippen LogP contribution in [0.1, 0.15) is 50.3 Å². The molecule has 0 amide bonds. The zero-order valence-electron chi connectivity index (χ0n) is 22.0. The Morgan fingerprint density at radius 1 is 1.11 bits per heavy atom. The lowest BCUT2D eigenvalue weighted by Gasteiger charge is -2.19. The summed E-state index contributed by atoms with van der Waals surface area (Å²) in [5, 5.41) is 3.17. The molecule has 0 bridgehead atoms. The van der Waals surface area contributed by atoms with Crippen molar-refractivity contribution in [3.63, 3.8) is 0 Å². The summed E-state index contributed by atoms with van der Waals surface area (Å²) in [7, 11) is 1.31. The van der Waals surface area contributed by atoms with Crippen molar-refractivity contribution < 1.29 is 14.3 Å². The number of aromatic nitrogens is 3. The Hall–Kier alpha value is -3.88. The predicted octanol–water partition coefficient (Wildman–Crippen LogP) is 3.81. The molecule has 0 spiro atoms. The standard InChI is InChI=1S/C28H34N4O5/c1-6-21-15-22(11-12-23(21)37-18(2)3)29-25-30-26(34)32(17-28(13-14-28)24(33)36-5)27(35)31(25)16-20-9-7-19(4)8-10-20/h7-12,15,18H,6,13-14,16-17H2,1-5H3,(H,29,30,34). The molecule has 9 nitrogen and oxygen atoms in total. The highest BCUT2D eigenvalue weighted by molar-refractivity contribution is 5.79. The molecule has 0 aliphatic heterocycles. The molecule has 1 heterocycles. The number of hydrogen-bond donors (Lipinski definition) is 1. The topological polar surface area (TPSA) is 104 Å². The SMILES string of the molecule is CCc1cc(Nc2nc(=O)n(CC3(C(=O)OC)CC3)c(=O)n2Cc2ccc(C)cc2)ccc1OC(C)C. The minimum atomic E-state index is -0.849. The van der Waals surface area contributed by atoms with Crippen molar-refractivity contribution in [2.24, 2.45) is 5.41 Å². The number of nitrogens with one attached hydrogen (secondary N) is 1. The molecule has 0 radical (unpaired) electrons. The van der Waals surface area contributed by atoms with Gasteiger partial charge in [-0.1, -0.05) is 36.8 Å². The molecule has 1 aliphatic carbocycles. The van der Waals surface area contributed by atoms with Crippen molar-refractivity contribution >= 4 is 17.6 Å². The lowest BCUT2D eigenvalue weighted by Crippen LogP contribution is -2.45. The molecular weight excluding hydrogens is 472 g/mol. The second-order valence-electron chi connectivity index (χ2n) is 9.90. The van der Waals surface area contributed by atoms with Crippen LogP contribution in [0.5, 0.6) is 5.75 Å². The summed E-state index contributed by atoms with van der Waals surface area (Å²) in [6, 6.07) is 13.4. The summed E-state index contributed by atoms with van der Waals surface area (Å²) < 4.78 is 13.3. The van der Waals surface area contributed by atoms with E-state index in [9.17, 15) is 14.4 Å². The first-order valence-corrected chi connectivity index (χ1v) is 12.6. The van der Waals surface area contributed by atoms with Crippen LogP contribution in [0, 0.1) is 12.3 Å². The third kappa shape index (κ3) is 5.76. The van der Waals surface area contributed by atoms with Crippen LogP contribution < -0.4 is 21.4 Å². The number of hydrogen-bond acceptors (Lipinski definition) is 7. The highest BCUT2D eigenvalue weighted by Gasteiger charge is 2.52. The monoisotopic (exact) mass is 506 g/mol. The Kier molecular flexibility index (Phi) is 7.52. The second kappa shape index (κ2) is 10.6. The maximum atomic E-state index is 13.7. The van der Waals surface area contributed by atoms with Gasteiger partial charge in [0, 0.05) is 12.2 Å². The minimum absolute atomic E-state index is 0.0396. The van der Waals surface area contributed by atoms with E-state index >= 15 is 0 Å². The summed E-state index contributed by atoms with van der Waals surface area (Å²) in [5.41, 5.74) is 1.57. The Morgan fingerprint density at radius 3 is 2.41 bits per heavy atom. The highest BCUT2D eigenvalue weighted by Crippen LogP contribution is 2.47. The molecular formula is C28H34N4O5. The van der Waals surface area contributed by atoms with E-state index < -0.39 is 22.8 Å². The van der Waals surface area contributed by atoms with Gasteiger partial charge in [0.15, 0.2) is 0 Å². The first kappa shape index (κ1) is 26.2. The fourth-order valence-electron chi connectivity index (χ4n) is 4.31. The third-order valence-corrected chi connectivity index (χ3v) is 6.60. The van der Waals surface area contributed by atoms with Crippen LogP contribution >= 0.6 is 0 Å². The van der Waals surface area contributed by atoms with Gasteiger partial charge in [-0.3, -0.25) is 9.36 Å². The molecule has 9 heteroatoms. The molecule has 0 unspecified atom stereocenters. The van der Waals surface area contributed by atoms with E-state index in [1.807, 2.05) is 70.2 Å². The molecule has 0 saturated heterocycles. The molecule has 1 fully saturated rings. The van der Waals surface area contributed by atoms with Gasteiger partial charge in [0.1, 0.15) is 5.75 Å². The quantitative estimate of drug-likeness (QED) is 0.417. The van der Waals surface area contributed by atoms with E-state index in [4.69, 9.17) is 9.47 Å². The van der Waals surface area contributed by atoms with Crippen molar-refractivity contribution in [1.29, 1.82) is 0 Å². The van der Waals surface area contributed by atoms with Crippen molar-refractivity contribution in [2.75, 3.05) is 12.4 Å². The van der Waals surface area contributed by atoms with Gasteiger partial charge >= 0.3 is 17.3 Å². The highest BCUT2D eigenvalue weighted by atomic mass is 16.5. The molecule has 196 valence electrons. The maximum absolute atomic E-state index is 13.7. The molecule has 37 heavy (non-hydrogen) atoms. The van der Waals surface area contributed by atoms with E-state index in [1.54, 1.807) is 0 Å². The third-order valence-electron chi connectivity index (χ3n) is 6.60. The van der Waals surface area contributed by atoms with Crippen LogP contribution in [0.15, 0.2) is 52.1 Å². The molecule has 0 atom stereocenters. The van der Waals surface area contributed by atoms with Crippen molar-refractivity contribution in [3.8, 4) is 5.75 Å². The zero-order valence-corrected chi connectivity index (χ0v) is 22.0. The van der Waals surface area contributed by atoms with Gasteiger partial charge in [-0.25, -0.2) is 14.2 Å². The Labute approximate surface area is 216 Å². The largest absolute Gasteiger partial charge is 0.491 e. The first-order chi connectivity index (χ1) is 17.7. The van der Waals surface area contributed by atoms with Crippen LogP contribution in [0.3, 0.4) is 0 Å². The lowest BCUT2D eigenvalue weighted by atomic mass is 10.1. The lowest BCUT2D eigenvalue weighted by molar-refractivity contribution is -0.147. The van der Waals surface area contributed by atoms with Gasteiger partial charge in [0.05, 0.1) is 25.2 Å². The van der Waals surface area contributed by atoms with E-state index in [-0.39, 0.29) is 25.1 Å². The van der Waals surface area contributed by atoms with Gasteiger partial charge in [-0.05, 0) is 69.4 Å². The van der Waals surface area contributed by atoms with Crippen molar-refractivity contribution in [1.82, 2.24) is 14.1 Å². The number of ether oxygens (including phenoxy) is 2. The van der Waals surface area contributed by atoms with E-state index in [2.05, 4.69) is 10.3 Å². The molecule has 1 N–H and O–H groups in total. The molecule has 3 aromatic rings. The van der Waals surface area contributed by atoms with Gasteiger partial charge in [0.2, 0.25) is 5.95 Å². The molecule has 1 aliphatic rings. The Balaban J connectivity index is 1.75. The minimum Gasteiger partial charge on any atom is -0.491 e.